The number of carbonyl (C=O) groups excluding carboxylic acids is 2. The van der Waals surface area contributed by atoms with Gasteiger partial charge in [-0.25, -0.2) is 9.18 Å². The van der Waals surface area contributed by atoms with Crippen molar-refractivity contribution < 1.29 is 18.7 Å². The Kier molecular flexibility index (Phi) is 6.49. The predicted octanol–water partition coefficient (Wildman–Crippen LogP) is 3.58. The number of hydrogen-bond acceptors (Lipinski definition) is 3. The lowest BCUT2D eigenvalue weighted by atomic mass is 9.94. The Hall–Kier alpha value is -2.93. The summed E-state index contributed by atoms with van der Waals surface area (Å²) in [5.41, 5.74) is 1.54. The summed E-state index contributed by atoms with van der Waals surface area (Å²) in [4.78, 5) is 27.2. The number of aryl methyl sites for hydroxylation is 1. The summed E-state index contributed by atoms with van der Waals surface area (Å²) in [6, 6.07) is 12.8. The van der Waals surface area contributed by atoms with E-state index in [1.807, 2.05) is 31.2 Å². The van der Waals surface area contributed by atoms with Crippen molar-refractivity contribution in [2.24, 2.45) is 0 Å². The number of halogens is 1. The molecule has 1 aliphatic heterocycles. The van der Waals surface area contributed by atoms with Gasteiger partial charge in [0.15, 0.2) is 0 Å². The highest BCUT2D eigenvalue weighted by atomic mass is 19.1. The Morgan fingerprint density at radius 1 is 1.17 bits per heavy atom. The second-order valence-corrected chi connectivity index (χ2v) is 7.40. The molecule has 3 rings (SSSR count). The summed E-state index contributed by atoms with van der Waals surface area (Å²) >= 11 is 0. The monoisotopic (exact) mass is 399 g/mol. The molecule has 0 radical (unpaired) electrons. The summed E-state index contributed by atoms with van der Waals surface area (Å²) in [7, 11) is 1.60. The summed E-state index contributed by atoms with van der Waals surface area (Å²) in [6.45, 7) is 3.29. The fourth-order valence-electron chi connectivity index (χ4n) is 3.53. The van der Waals surface area contributed by atoms with Gasteiger partial charge in [0.2, 0.25) is 0 Å². The molecule has 0 spiro atoms. The molecule has 2 N–H and O–H groups in total. The highest BCUT2D eigenvalue weighted by Crippen LogP contribution is 2.27. The third kappa shape index (κ3) is 5.12. The van der Waals surface area contributed by atoms with Crippen LogP contribution in [0.5, 0.6) is 0 Å². The SMILES string of the molecule is COCCC1(NC(=O)c2ccc(F)cc2)CCN(C(=O)Nc2ccccc2C)C1. The lowest BCUT2D eigenvalue weighted by molar-refractivity contribution is 0.0867. The molecule has 0 saturated carbocycles. The Morgan fingerprint density at radius 3 is 2.59 bits per heavy atom. The highest BCUT2D eigenvalue weighted by Gasteiger charge is 2.41. The number of hydrogen-bond donors (Lipinski definition) is 2. The van der Waals surface area contributed by atoms with E-state index in [0.29, 0.717) is 38.1 Å². The molecule has 7 heteroatoms. The van der Waals surface area contributed by atoms with Crippen molar-refractivity contribution in [1.29, 1.82) is 0 Å². The molecular weight excluding hydrogens is 373 g/mol. The highest BCUT2D eigenvalue weighted by molar-refractivity contribution is 5.95. The zero-order valence-corrected chi connectivity index (χ0v) is 16.7. The van der Waals surface area contributed by atoms with Crippen LogP contribution in [0.15, 0.2) is 48.5 Å². The van der Waals surface area contributed by atoms with Crippen LogP contribution in [-0.4, -0.2) is 49.2 Å². The average Bonchev–Trinajstić information content (AvgIpc) is 3.13. The molecule has 1 fully saturated rings. The molecule has 0 bridgehead atoms. The number of nitrogens with one attached hydrogen (secondary N) is 2. The molecule has 2 aromatic carbocycles. The van der Waals surface area contributed by atoms with Crippen molar-refractivity contribution >= 4 is 17.6 Å². The van der Waals surface area contributed by atoms with E-state index >= 15 is 0 Å². The molecule has 6 nitrogen and oxygen atoms in total. The van der Waals surface area contributed by atoms with Crippen LogP contribution in [0.25, 0.3) is 0 Å². The minimum absolute atomic E-state index is 0.199. The van der Waals surface area contributed by atoms with Crippen LogP contribution in [0, 0.1) is 12.7 Å². The van der Waals surface area contributed by atoms with Gasteiger partial charge in [0.05, 0.1) is 5.54 Å². The molecule has 1 atom stereocenters. The Bertz CT molecular complexity index is 872. The maximum atomic E-state index is 13.1. The number of ether oxygens (including phenoxy) is 1. The van der Waals surface area contributed by atoms with E-state index in [1.165, 1.54) is 24.3 Å². The van der Waals surface area contributed by atoms with Crippen molar-refractivity contribution in [3.8, 4) is 0 Å². The molecule has 29 heavy (non-hydrogen) atoms. The molecule has 0 aliphatic carbocycles. The van der Waals surface area contributed by atoms with Crippen LogP contribution in [0.4, 0.5) is 14.9 Å². The fraction of sp³-hybridized carbons (Fsp3) is 0.364. The van der Waals surface area contributed by atoms with Crippen LogP contribution in [0.2, 0.25) is 0 Å². The standard InChI is InChI=1S/C22H26FN3O3/c1-16-5-3-4-6-19(16)24-21(28)26-13-11-22(15-26,12-14-29-2)25-20(27)17-7-9-18(23)10-8-17/h3-10H,11-15H2,1-2H3,(H,24,28)(H,25,27). The third-order valence-electron chi connectivity index (χ3n) is 5.30. The first-order valence-corrected chi connectivity index (χ1v) is 9.61. The van der Waals surface area contributed by atoms with E-state index in [-0.39, 0.29) is 11.9 Å². The molecule has 2 aromatic rings. The minimum atomic E-state index is -0.593. The van der Waals surface area contributed by atoms with Gasteiger partial charge < -0.3 is 20.3 Å². The summed E-state index contributed by atoms with van der Waals surface area (Å²) < 4.78 is 18.4. The van der Waals surface area contributed by atoms with Crippen molar-refractivity contribution in [3.05, 3.63) is 65.5 Å². The number of anilines is 1. The van der Waals surface area contributed by atoms with Crippen molar-refractivity contribution in [2.75, 3.05) is 32.1 Å². The van der Waals surface area contributed by atoms with Crippen molar-refractivity contribution in [3.63, 3.8) is 0 Å². The molecule has 154 valence electrons. The van der Waals surface area contributed by atoms with Crippen molar-refractivity contribution in [1.82, 2.24) is 10.2 Å². The van der Waals surface area contributed by atoms with Gasteiger partial charge in [-0.15, -0.1) is 0 Å². The number of carbonyl (C=O) groups is 2. The maximum absolute atomic E-state index is 13.1. The quantitative estimate of drug-likeness (QED) is 0.780. The van der Waals surface area contributed by atoms with E-state index in [0.717, 1.165) is 11.3 Å². The van der Waals surface area contributed by atoms with Crippen molar-refractivity contribution in [2.45, 2.75) is 25.3 Å². The normalized spacial score (nSPS) is 18.5. The maximum Gasteiger partial charge on any atom is 0.321 e. The van der Waals surface area contributed by atoms with Gasteiger partial charge >= 0.3 is 6.03 Å². The molecular formula is C22H26FN3O3. The summed E-state index contributed by atoms with van der Waals surface area (Å²) in [5, 5.41) is 6.00. The smallest absolute Gasteiger partial charge is 0.321 e. The Balaban J connectivity index is 1.70. The zero-order chi connectivity index (χ0) is 20.9. The second kappa shape index (κ2) is 9.05. The van der Waals surface area contributed by atoms with E-state index in [2.05, 4.69) is 10.6 Å². The van der Waals surface area contributed by atoms with Gasteiger partial charge in [0.1, 0.15) is 5.82 Å². The lowest BCUT2D eigenvalue weighted by Crippen LogP contribution is -2.52. The molecule has 1 heterocycles. The topological polar surface area (TPSA) is 70.7 Å². The number of urea groups is 1. The van der Waals surface area contributed by atoms with Crippen LogP contribution in [0.1, 0.15) is 28.8 Å². The van der Waals surface area contributed by atoms with Crippen LogP contribution in [-0.2, 0) is 4.74 Å². The van der Waals surface area contributed by atoms with Gasteiger partial charge in [-0.1, -0.05) is 18.2 Å². The van der Waals surface area contributed by atoms with Gasteiger partial charge in [0.25, 0.3) is 5.91 Å². The molecule has 1 unspecified atom stereocenters. The van der Waals surface area contributed by atoms with Gasteiger partial charge in [0, 0.05) is 38.1 Å². The zero-order valence-electron chi connectivity index (χ0n) is 16.7. The average molecular weight is 399 g/mol. The fourth-order valence-corrected chi connectivity index (χ4v) is 3.53. The molecule has 1 aliphatic rings. The van der Waals surface area contributed by atoms with E-state index in [4.69, 9.17) is 4.74 Å². The van der Waals surface area contributed by atoms with Crippen LogP contribution >= 0.6 is 0 Å². The minimum Gasteiger partial charge on any atom is -0.385 e. The van der Waals surface area contributed by atoms with E-state index < -0.39 is 11.4 Å². The molecule has 3 amide bonds. The Labute approximate surface area is 170 Å². The number of likely N-dealkylation sites (tertiary alicyclic amines) is 1. The second-order valence-electron chi connectivity index (χ2n) is 7.40. The number of amides is 3. The molecule has 1 saturated heterocycles. The first-order chi connectivity index (χ1) is 13.9. The third-order valence-corrected chi connectivity index (χ3v) is 5.30. The van der Waals surface area contributed by atoms with Gasteiger partial charge in [-0.3, -0.25) is 4.79 Å². The number of rotatable bonds is 6. The number of nitrogens with zero attached hydrogens (tertiary/aromatic N) is 1. The lowest BCUT2D eigenvalue weighted by Gasteiger charge is -2.30. The van der Waals surface area contributed by atoms with Gasteiger partial charge in [-0.2, -0.15) is 0 Å². The summed E-state index contributed by atoms with van der Waals surface area (Å²) in [6.07, 6.45) is 1.19. The Morgan fingerprint density at radius 2 is 1.90 bits per heavy atom. The van der Waals surface area contributed by atoms with Crippen LogP contribution < -0.4 is 10.6 Å². The largest absolute Gasteiger partial charge is 0.385 e. The van der Waals surface area contributed by atoms with Crippen LogP contribution in [0.3, 0.4) is 0 Å². The van der Waals surface area contributed by atoms with E-state index in [1.54, 1.807) is 12.0 Å². The summed E-state index contributed by atoms with van der Waals surface area (Å²) in [5.74, 6) is -0.683. The first kappa shape index (κ1) is 20.8. The van der Waals surface area contributed by atoms with Gasteiger partial charge in [-0.05, 0) is 55.7 Å². The molecule has 0 aromatic heterocycles. The number of para-hydroxylation sites is 1. The van der Waals surface area contributed by atoms with E-state index in [9.17, 15) is 14.0 Å². The predicted molar refractivity (Wildman–Crippen MR) is 109 cm³/mol. The number of methoxy groups -OCH3 is 1. The number of benzene rings is 2. The first-order valence-electron chi connectivity index (χ1n) is 9.61.